The van der Waals surface area contributed by atoms with Gasteiger partial charge in [-0.25, -0.2) is 0 Å². The Kier molecular flexibility index (Phi) is 4.49. The molecule has 0 spiro atoms. The zero-order chi connectivity index (χ0) is 19.0. The van der Waals surface area contributed by atoms with Crippen LogP contribution in [0, 0.1) is 13.8 Å². The largest absolute Gasteiger partial charge is 0.348 e. The van der Waals surface area contributed by atoms with Gasteiger partial charge in [0, 0.05) is 41.9 Å². The molecule has 138 valence electrons. The van der Waals surface area contributed by atoms with E-state index in [4.69, 9.17) is 0 Å². The molecule has 0 saturated heterocycles. The highest BCUT2D eigenvalue weighted by atomic mass is 16.2. The van der Waals surface area contributed by atoms with Gasteiger partial charge in [-0.2, -0.15) is 0 Å². The Labute approximate surface area is 157 Å². The van der Waals surface area contributed by atoms with Gasteiger partial charge >= 0.3 is 0 Å². The van der Waals surface area contributed by atoms with Crippen LogP contribution < -0.4 is 16.2 Å². The number of amides is 1. The molecule has 6 nitrogen and oxygen atoms in total. The van der Waals surface area contributed by atoms with Gasteiger partial charge in [0.2, 0.25) is 5.56 Å². The van der Waals surface area contributed by atoms with E-state index >= 15 is 0 Å². The molecule has 0 aliphatic carbocycles. The smallest absolute Gasteiger partial charge is 0.252 e. The molecule has 2 aromatic heterocycles. The SMILES string of the molecule is Cc1ccc2[nH]c(=O)cc(C(=O)NCc3c(C)ncc4c3CCNC4)c2c1. The van der Waals surface area contributed by atoms with Gasteiger partial charge in [-0.05, 0) is 55.6 Å². The van der Waals surface area contributed by atoms with Gasteiger partial charge in [0.05, 0.1) is 5.56 Å². The molecule has 0 unspecified atom stereocenters. The number of carbonyl (C=O) groups excluding carboxylic acids is 1. The maximum absolute atomic E-state index is 12.9. The molecule has 3 aromatic rings. The van der Waals surface area contributed by atoms with E-state index in [0.29, 0.717) is 17.6 Å². The van der Waals surface area contributed by atoms with Crippen LogP contribution in [-0.4, -0.2) is 22.4 Å². The van der Waals surface area contributed by atoms with Crippen LogP contribution in [0.1, 0.15) is 38.3 Å². The van der Waals surface area contributed by atoms with Crippen LogP contribution in [0.5, 0.6) is 0 Å². The molecule has 1 aliphatic heterocycles. The highest BCUT2D eigenvalue weighted by molar-refractivity contribution is 6.06. The van der Waals surface area contributed by atoms with Crippen LogP contribution in [0.15, 0.2) is 35.3 Å². The van der Waals surface area contributed by atoms with Crippen LogP contribution in [0.4, 0.5) is 0 Å². The molecule has 4 rings (SSSR count). The van der Waals surface area contributed by atoms with Gasteiger partial charge in [-0.3, -0.25) is 14.6 Å². The number of aryl methyl sites for hydroxylation is 2. The summed E-state index contributed by atoms with van der Waals surface area (Å²) >= 11 is 0. The van der Waals surface area contributed by atoms with Crippen LogP contribution in [-0.2, 0) is 19.5 Å². The fourth-order valence-electron chi connectivity index (χ4n) is 3.70. The molecule has 3 heterocycles. The molecule has 27 heavy (non-hydrogen) atoms. The number of hydrogen-bond acceptors (Lipinski definition) is 4. The van der Waals surface area contributed by atoms with Gasteiger partial charge < -0.3 is 15.6 Å². The first-order valence-electron chi connectivity index (χ1n) is 9.12. The monoisotopic (exact) mass is 362 g/mol. The Balaban J connectivity index is 1.66. The quantitative estimate of drug-likeness (QED) is 0.666. The minimum Gasteiger partial charge on any atom is -0.348 e. The molecule has 0 saturated carbocycles. The van der Waals surface area contributed by atoms with Crippen molar-refractivity contribution in [1.82, 2.24) is 20.6 Å². The molecule has 6 heteroatoms. The maximum atomic E-state index is 12.9. The predicted octanol–water partition coefficient (Wildman–Crippen LogP) is 2.12. The highest BCUT2D eigenvalue weighted by Gasteiger charge is 2.17. The summed E-state index contributed by atoms with van der Waals surface area (Å²) in [6, 6.07) is 7.03. The number of carbonyl (C=O) groups is 1. The average Bonchev–Trinajstić information content (AvgIpc) is 2.66. The minimum absolute atomic E-state index is 0.248. The fraction of sp³-hybridized carbons (Fsp3) is 0.286. The number of pyridine rings is 2. The number of nitrogens with one attached hydrogen (secondary N) is 3. The summed E-state index contributed by atoms with van der Waals surface area (Å²) in [5.74, 6) is -0.248. The van der Waals surface area contributed by atoms with Crippen LogP contribution in [0.25, 0.3) is 10.9 Å². The average molecular weight is 362 g/mol. The summed E-state index contributed by atoms with van der Waals surface area (Å²) < 4.78 is 0. The van der Waals surface area contributed by atoms with E-state index < -0.39 is 0 Å². The number of benzene rings is 1. The van der Waals surface area contributed by atoms with Gasteiger partial charge in [0.1, 0.15) is 0 Å². The van der Waals surface area contributed by atoms with E-state index in [2.05, 4.69) is 20.6 Å². The fourth-order valence-corrected chi connectivity index (χ4v) is 3.70. The van der Waals surface area contributed by atoms with Crippen molar-refractivity contribution in [2.75, 3.05) is 6.54 Å². The van der Waals surface area contributed by atoms with Crippen molar-refractivity contribution < 1.29 is 4.79 Å². The second-order valence-electron chi connectivity index (χ2n) is 7.03. The molecular formula is C21H22N4O2. The van der Waals surface area contributed by atoms with E-state index in [-0.39, 0.29) is 11.5 Å². The predicted molar refractivity (Wildman–Crippen MR) is 105 cm³/mol. The molecule has 1 amide bonds. The zero-order valence-corrected chi connectivity index (χ0v) is 15.5. The topological polar surface area (TPSA) is 86.9 Å². The minimum atomic E-state index is -0.280. The first-order chi connectivity index (χ1) is 13.0. The second kappa shape index (κ2) is 6.96. The third-order valence-corrected chi connectivity index (χ3v) is 5.14. The molecule has 0 atom stereocenters. The number of hydrogen-bond donors (Lipinski definition) is 3. The van der Waals surface area contributed by atoms with E-state index in [1.807, 2.05) is 38.2 Å². The highest BCUT2D eigenvalue weighted by Crippen LogP contribution is 2.21. The summed E-state index contributed by atoms with van der Waals surface area (Å²) in [4.78, 5) is 32.1. The number of aromatic amines is 1. The number of rotatable bonds is 3. The lowest BCUT2D eigenvalue weighted by Gasteiger charge is -2.21. The lowest BCUT2D eigenvalue weighted by molar-refractivity contribution is 0.0952. The van der Waals surface area contributed by atoms with Crippen molar-refractivity contribution in [2.45, 2.75) is 33.4 Å². The van der Waals surface area contributed by atoms with Crippen molar-refractivity contribution >= 4 is 16.8 Å². The second-order valence-corrected chi connectivity index (χ2v) is 7.03. The zero-order valence-electron chi connectivity index (χ0n) is 15.5. The molecule has 0 radical (unpaired) electrons. The Bertz CT molecular complexity index is 1100. The standard InChI is InChI=1S/C21H22N4O2/c1-12-3-4-19-16(7-12)17(8-20(26)25-19)21(27)24-11-18-13(2)23-10-14-9-22-6-5-15(14)18/h3-4,7-8,10,22H,5-6,9,11H2,1-2H3,(H,24,27)(H,25,26). The van der Waals surface area contributed by atoms with E-state index in [0.717, 1.165) is 41.7 Å². The summed E-state index contributed by atoms with van der Waals surface area (Å²) in [6.07, 6.45) is 2.84. The molecule has 3 N–H and O–H groups in total. The van der Waals surface area contributed by atoms with E-state index in [1.165, 1.54) is 17.2 Å². The van der Waals surface area contributed by atoms with Crippen molar-refractivity contribution in [3.05, 3.63) is 74.3 Å². The lowest BCUT2D eigenvalue weighted by atomic mass is 9.96. The number of aromatic nitrogens is 2. The van der Waals surface area contributed by atoms with Crippen molar-refractivity contribution in [1.29, 1.82) is 0 Å². The van der Waals surface area contributed by atoms with Gasteiger partial charge in [0.15, 0.2) is 0 Å². The van der Waals surface area contributed by atoms with Crippen molar-refractivity contribution in [3.63, 3.8) is 0 Å². The van der Waals surface area contributed by atoms with Gasteiger partial charge in [-0.15, -0.1) is 0 Å². The van der Waals surface area contributed by atoms with E-state index in [9.17, 15) is 9.59 Å². The Morgan fingerprint density at radius 2 is 2.11 bits per heavy atom. The normalized spacial score (nSPS) is 13.4. The van der Waals surface area contributed by atoms with Crippen LogP contribution >= 0.6 is 0 Å². The Morgan fingerprint density at radius 3 is 2.96 bits per heavy atom. The summed E-state index contributed by atoms with van der Waals surface area (Å²) in [6.45, 7) is 6.07. The summed E-state index contributed by atoms with van der Waals surface area (Å²) in [5, 5.41) is 7.09. The molecule has 0 bridgehead atoms. The molecule has 0 fully saturated rings. The van der Waals surface area contributed by atoms with E-state index in [1.54, 1.807) is 0 Å². The first-order valence-corrected chi connectivity index (χ1v) is 9.12. The Hall–Kier alpha value is -2.99. The Morgan fingerprint density at radius 1 is 1.26 bits per heavy atom. The first kappa shape index (κ1) is 17.4. The van der Waals surface area contributed by atoms with Gasteiger partial charge in [-0.1, -0.05) is 11.6 Å². The summed E-state index contributed by atoms with van der Waals surface area (Å²) in [7, 11) is 0. The maximum Gasteiger partial charge on any atom is 0.252 e. The van der Waals surface area contributed by atoms with Crippen LogP contribution in [0.2, 0.25) is 0 Å². The third kappa shape index (κ3) is 3.36. The third-order valence-electron chi connectivity index (χ3n) is 5.14. The summed E-state index contributed by atoms with van der Waals surface area (Å²) in [5.41, 5.74) is 6.29. The molecule has 1 aromatic carbocycles. The lowest BCUT2D eigenvalue weighted by Crippen LogP contribution is -2.29. The van der Waals surface area contributed by atoms with Crippen molar-refractivity contribution in [3.8, 4) is 0 Å². The number of fused-ring (bicyclic) bond motifs is 2. The number of H-pyrrole nitrogens is 1. The van der Waals surface area contributed by atoms with Crippen LogP contribution in [0.3, 0.4) is 0 Å². The molecule has 1 aliphatic rings. The van der Waals surface area contributed by atoms with Gasteiger partial charge in [0.25, 0.3) is 5.91 Å². The number of nitrogens with zero attached hydrogens (tertiary/aromatic N) is 1. The molecular weight excluding hydrogens is 340 g/mol. The van der Waals surface area contributed by atoms with Crippen molar-refractivity contribution in [2.24, 2.45) is 0 Å².